The maximum atomic E-state index is 4.63. The molecule has 0 spiro atoms. The van der Waals surface area contributed by atoms with E-state index in [-0.39, 0.29) is 0 Å². The van der Waals surface area contributed by atoms with Gasteiger partial charge in [-0.2, -0.15) is 5.10 Å². The zero-order valence-electron chi connectivity index (χ0n) is 16.4. The molecule has 8 heteroatoms. The predicted octanol–water partition coefficient (Wildman–Crippen LogP) is 2.22. The molecule has 8 nitrogen and oxygen atoms in total. The Balaban J connectivity index is 1.35. The lowest BCUT2D eigenvalue weighted by Crippen LogP contribution is -2.46. The van der Waals surface area contributed by atoms with Crippen molar-refractivity contribution in [1.29, 1.82) is 0 Å². The van der Waals surface area contributed by atoms with Gasteiger partial charge in [-0.25, -0.2) is 19.5 Å². The molecule has 0 amide bonds. The van der Waals surface area contributed by atoms with Crippen molar-refractivity contribution in [1.82, 2.24) is 24.6 Å². The Morgan fingerprint density at radius 3 is 2.43 bits per heavy atom. The van der Waals surface area contributed by atoms with Crippen molar-refractivity contribution in [2.75, 3.05) is 41.9 Å². The third kappa shape index (κ3) is 3.12. The lowest BCUT2D eigenvalue weighted by Gasteiger charge is -2.40. The summed E-state index contributed by atoms with van der Waals surface area (Å²) in [5.41, 5.74) is 1.08. The number of hydrogen-bond acceptors (Lipinski definition) is 7. The Morgan fingerprint density at radius 2 is 1.68 bits per heavy atom. The van der Waals surface area contributed by atoms with Crippen molar-refractivity contribution in [3.8, 4) is 0 Å². The van der Waals surface area contributed by atoms with Crippen molar-refractivity contribution in [2.24, 2.45) is 0 Å². The third-order valence-corrected chi connectivity index (χ3v) is 5.76. The Hall–Kier alpha value is -2.90. The van der Waals surface area contributed by atoms with E-state index in [1.54, 1.807) is 6.33 Å². The van der Waals surface area contributed by atoms with Crippen LogP contribution in [0.25, 0.3) is 5.52 Å². The van der Waals surface area contributed by atoms with Gasteiger partial charge in [-0.3, -0.25) is 0 Å². The second kappa shape index (κ2) is 6.92. The first-order chi connectivity index (χ1) is 13.7. The van der Waals surface area contributed by atoms with E-state index in [9.17, 15) is 0 Å². The van der Waals surface area contributed by atoms with Gasteiger partial charge in [0.2, 0.25) is 0 Å². The largest absolute Gasteiger partial charge is 0.363 e. The van der Waals surface area contributed by atoms with Gasteiger partial charge in [-0.15, -0.1) is 0 Å². The van der Waals surface area contributed by atoms with E-state index in [2.05, 4.69) is 35.9 Å². The van der Waals surface area contributed by atoms with E-state index < -0.39 is 0 Å². The van der Waals surface area contributed by atoms with Crippen LogP contribution in [0.15, 0.2) is 37.1 Å². The van der Waals surface area contributed by atoms with E-state index in [0.717, 1.165) is 48.9 Å². The van der Waals surface area contributed by atoms with Crippen molar-refractivity contribution in [3.05, 3.63) is 37.1 Å². The molecular formula is C20H26N8. The highest BCUT2D eigenvalue weighted by Gasteiger charge is 2.37. The number of hydrogen-bond donors (Lipinski definition) is 0. The average Bonchev–Trinajstić information content (AvgIpc) is 3.43. The fraction of sp³-hybridized carbons (Fsp3) is 0.500. The van der Waals surface area contributed by atoms with Crippen molar-refractivity contribution < 1.29 is 0 Å². The van der Waals surface area contributed by atoms with Crippen LogP contribution in [-0.2, 0) is 0 Å². The van der Waals surface area contributed by atoms with Crippen LogP contribution in [0.2, 0.25) is 0 Å². The van der Waals surface area contributed by atoms with Crippen molar-refractivity contribution in [2.45, 2.75) is 37.8 Å². The summed E-state index contributed by atoms with van der Waals surface area (Å²) in [7, 11) is 4.05. The zero-order chi connectivity index (χ0) is 19.1. The van der Waals surface area contributed by atoms with Crippen LogP contribution in [-0.4, -0.2) is 63.8 Å². The molecule has 1 saturated carbocycles. The number of aromatic nitrogens is 5. The highest BCUT2D eigenvalue weighted by molar-refractivity contribution is 5.68. The fourth-order valence-corrected chi connectivity index (χ4v) is 4.19. The molecule has 4 heterocycles. The van der Waals surface area contributed by atoms with Gasteiger partial charge in [0, 0.05) is 57.7 Å². The number of rotatable bonds is 5. The molecule has 0 bridgehead atoms. The van der Waals surface area contributed by atoms with Crippen LogP contribution in [0.3, 0.4) is 0 Å². The lowest BCUT2D eigenvalue weighted by atomic mass is 10.0. The minimum atomic E-state index is 0.512. The Kier molecular flexibility index (Phi) is 4.26. The predicted molar refractivity (Wildman–Crippen MR) is 110 cm³/mol. The molecular weight excluding hydrogens is 352 g/mol. The molecule has 0 atom stereocenters. The van der Waals surface area contributed by atoms with Gasteiger partial charge in [-0.05, 0) is 31.7 Å². The van der Waals surface area contributed by atoms with Gasteiger partial charge < -0.3 is 14.7 Å². The SMILES string of the molecule is CN(C)c1cc(N(C2CC2)C2CCN(c3nccn4nccc34)CC2)ncn1. The quantitative estimate of drug-likeness (QED) is 0.674. The highest BCUT2D eigenvalue weighted by Crippen LogP contribution is 2.36. The smallest absolute Gasteiger partial charge is 0.154 e. The topological polar surface area (TPSA) is 65.7 Å². The van der Waals surface area contributed by atoms with Gasteiger partial charge in [-0.1, -0.05) is 0 Å². The molecule has 2 aliphatic rings. The molecule has 2 fully saturated rings. The molecule has 146 valence electrons. The first kappa shape index (κ1) is 17.2. The first-order valence-corrected chi connectivity index (χ1v) is 10.0. The van der Waals surface area contributed by atoms with Crippen LogP contribution < -0.4 is 14.7 Å². The standard InChI is InChI=1S/C20H26N8/c1-25(2)18-13-19(23-14-22-18)28(15-3-4-15)16-6-10-26(11-7-16)20-17-5-8-24-27(17)12-9-21-20/h5,8-9,12-16H,3-4,6-7,10-11H2,1-2H3. The minimum Gasteiger partial charge on any atom is -0.363 e. The van der Waals surface area contributed by atoms with E-state index in [1.807, 2.05) is 48.2 Å². The Bertz CT molecular complexity index is 956. The molecule has 1 aliphatic carbocycles. The molecule has 5 rings (SSSR count). The van der Waals surface area contributed by atoms with E-state index in [1.165, 1.54) is 12.8 Å². The maximum absolute atomic E-state index is 4.63. The molecule has 1 saturated heterocycles. The summed E-state index contributed by atoms with van der Waals surface area (Å²) in [6, 6.07) is 5.30. The summed E-state index contributed by atoms with van der Waals surface area (Å²) in [6.07, 6.45) is 12.0. The van der Waals surface area contributed by atoms with Gasteiger partial charge >= 0.3 is 0 Å². The minimum absolute atomic E-state index is 0.512. The molecule has 1 aliphatic heterocycles. The summed E-state index contributed by atoms with van der Waals surface area (Å²) in [6.45, 7) is 1.99. The average molecular weight is 378 g/mol. The summed E-state index contributed by atoms with van der Waals surface area (Å²) >= 11 is 0. The maximum Gasteiger partial charge on any atom is 0.154 e. The summed E-state index contributed by atoms with van der Waals surface area (Å²) < 4.78 is 1.90. The number of anilines is 3. The molecule has 3 aromatic rings. The molecule has 0 radical (unpaired) electrons. The van der Waals surface area contributed by atoms with Gasteiger partial charge in [0.15, 0.2) is 5.82 Å². The Labute approximate surface area is 164 Å². The monoisotopic (exact) mass is 378 g/mol. The third-order valence-electron chi connectivity index (χ3n) is 5.76. The normalized spacial score (nSPS) is 17.9. The molecule has 3 aromatic heterocycles. The number of nitrogens with zero attached hydrogens (tertiary/aromatic N) is 8. The van der Waals surface area contributed by atoms with E-state index in [0.29, 0.717) is 12.1 Å². The van der Waals surface area contributed by atoms with E-state index >= 15 is 0 Å². The lowest BCUT2D eigenvalue weighted by molar-refractivity contribution is 0.457. The summed E-state index contributed by atoms with van der Waals surface area (Å²) in [5, 5.41) is 4.33. The van der Waals surface area contributed by atoms with Gasteiger partial charge in [0.1, 0.15) is 23.5 Å². The first-order valence-electron chi connectivity index (χ1n) is 10.0. The van der Waals surface area contributed by atoms with Gasteiger partial charge in [0.05, 0.1) is 6.20 Å². The summed E-state index contributed by atoms with van der Waals surface area (Å²) in [5.74, 6) is 3.06. The van der Waals surface area contributed by atoms with Crippen LogP contribution in [0, 0.1) is 0 Å². The van der Waals surface area contributed by atoms with E-state index in [4.69, 9.17) is 0 Å². The molecule has 28 heavy (non-hydrogen) atoms. The van der Waals surface area contributed by atoms with Crippen LogP contribution >= 0.6 is 0 Å². The number of piperidine rings is 1. The van der Waals surface area contributed by atoms with Crippen LogP contribution in [0.5, 0.6) is 0 Å². The number of fused-ring (bicyclic) bond motifs is 1. The molecule has 0 unspecified atom stereocenters. The zero-order valence-corrected chi connectivity index (χ0v) is 16.4. The second-order valence-corrected chi connectivity index (χ2v) is 7.90. The fourth-order valence-electron chi connectivity index (χ4n) is 4.19. The molecule has 0 N–H and O–H groups in total. The second-order valence-electron chi connectivity index (χ2n) is 7.90. The molecule has 0 aromatic carbocycles. The van der Waals surface area contributed by atoms with Crippen molar-refractivity contribution >= 4 is 23.0 Å². The van der Waals surface area contributed by atoms with Crippen molar-refractivity contribution in [3.63, 3.8) is 0 Å². The Morgan fingerprint density at radius 1 is 0.929 bits per heavy atom. The van der Waals surface area contributed by atoms with Crippen LogP contribution in [0.4, 0.5) is 17.5 Å². The summed E-state index contributed by atoms with van der Waals surface area (Å²) in [4.78, 5) is 20.6. The highest BCUT2D eigenvalue weighted by atomic mass is 15.3. The van der Waals surface area contributed by atoms with Gasteiger partial charge in [0.25, 0.3) is 0 Å². The van der Waals surface area contributed by atoms with Crippen LogP contribution in [0.1, 0.15) is 25.7 Å².